The molecule has 0 unspecified atom stereocenters. The molecule has 0 bridgehead atoms. The SMILES string of the molecule is CCCC=COCCCCO. The minimum Gasteiger partial charge on any atom is -0.502 e. The van der Waals surface area contributed by atoms with E-state index in [2.05, 4.69) is 6.92 Å². The smallest absolute Gasteiger partial charge is 0.0874 e. The van der Waals surface area contributed by atoms with Crippen molar-refractivity contribution in [2.45, 2.75) is 32.6 Å². The minimum absolute atomic E-state index is 0.266. The number of allylic oxidation sites excluding steroid dienone is 1. The van der Waals surface area contributed by atoms with Gasteiger partial charge in [-0.3, -0.25) is 0 Å². The van der Waals surface area contributed by atoms with Gasteiger partial charge in [-0.15, -0.1) is 0 Å². The molecule has 0 radical (unpaired) electrons. The first-order valence-electron chi connectivity index (χ1n) is 4.29. The Bertz CT molecular complexity index is 89.6. The zero-order valence-corrected chi connectivity index (χ0v) is 7.25. The zero-order chi connectivity index (χ0) is 8.36. The van der Waals surface area contributed by atoms with Crippen LogP contribution in [0.5, 0.6) is 0 Å². The van der Waals surface area contributed by atoms with Crippen LogP contribution in [0.25, 0.3) is 0 Å². The van der Waals surface area contributed by atoms with Crippen LogP contribution in [0.3, 0.4) is 0 Å². The zero-order valence-electron chi connectivity index (χ0n) is 7.25. The molecule has 0 spiro atoms. The highest BCUT2D eigenvalue weighted by molar-refractivity contribution is 4.71. The summed E-state index contributed by atoms with van der Waals surface area (Å²) in [7, 11) is 0. The molecule has 11 heavy (non-hydrogen) atoms. The quantitative estimate of drug-likeness (QED) is 0.454. The van der Waals surface area contributed by atoms with Gasteiger partial charge in [-0.25, -0.2) is 0 Å². The standard InChI is InChI=1S/C9H18O2/c1-2-3-5-8-11-9-6-4-7-10/h5,8,10H,2-4,6-7,9H2,1H3. The van der Waals surface area contributed by atoms with Crippen LogP contribution in [-0.4, -0.2) is 18.3 Å². The lowest BCUT2D eigenvalue weighted by atomic mass is 10.3. The fourth-order valence-corrected chi connectivity index (χ4v) is 0.668. The van der Waals surface area contributed by atoms with Gasteiger partial charge in [-0.2, -0.15) is 0 Å². The van der Waals surface area contributed by atoms with Gasteiger partial charge in [0.05, 0.1) is 12.9 Å². The number of aliphatic hydroxyl groups excluding tert-OH is 1. The molecule has 0 heterocycles. The molecular weight excluding hydrogens is 140 g/mol. The predicted octanol–water partition coefficient (Wildman–Crippen LogP) is 2.09. The Morgan fingerprint density at radius 2 is 2.18 bits per heavy atom. The van der Waals surface area contributed by atoms with E-state index in [0.29, 0.717) is 0 Å². The van der Waals surface area contributed by atoms with Crippen LogP contribution in [0.4, 0.5) is 0 Å². The average molecular weight is 158 g/mol. The van der Waals surface area contributed by atoms with E-state index in [1.807, 2.05) is 6.08 Å². The largest absolute Gasteiger partial charge is 0.502 e. The molecule has 0 amide bonds. The van der Waals surface area contributed by atoms with Crippen molar-refractivity contribution in [2.75, 3.05) is 13.2 Å². The molecule has 66 valence electrons. The number of unbranched alkanes of at least 4 members (excludes halogenated alkanes) is 2. The molecule has 0 aliphatic heterocycles. The number of hydrogen-bond acceptors (Lipinski definition) is 2. The van der Waals surface area contributed by atoms with Crippen molar-refractivity contribution < 1.29 is 9.84 Å². The minimum atomic E-state index is 0.266. The van der Waals surface area contributed by atoms with Gasteiger partial charge in [0.25, 0.3) is 0 Å². The summed E-state index contributed by atoms with van der Waals surface area (Å²) in [6.07, 6.45) is 7.80. The van der Waals surface area contributed by atoms with Gasteiger partial charge in [0.1, 0.15) is 0 Å². The Labute approximate surface area is 68.9 Å². The molecule has 1 N–H and O–H groups in total. The van der Waals surface area contributed by atoms with Crippen LogP contribution in [0.15, 0.2) is 12.3 Å². The molecule has 2 heteroatoms. The van der Waals surface area contributed by atoms with Crippen LogP contribution >= 0.6 is 0 Å². The molecule has 0 saturated heterocycles. The Morgan fingerprint density at radius 1 is 1.36 bits per heavy atom. The maximum absolute atomic E-state index is 8.43. The summed E-state index contributed by atoms with van der Waals surface area (Å²) >= 11 is 0. The molecular formula is C9H18O2. The van der Waals surface area contributed by atoms with Crippen molar-refractivity contribution in [2.24, 2.45) is 0 Å². The van der Waals surface area contributed by atoms with E-state index < -0.39 is 0 Å². The Hall–Kier alpha value is -0.500. The van der Waals surface area contributed by atoms with Gasteiger partial charge >= 0.3 is 0 Å². The predicted molar refractivity (Wildman–Crippen MR) is 46.3 cm³/mol. The van der Waals surface area contributed by atoms with Crippen molar-refractivity contribution in [3.05, 3.63) is 12.3 Å². The first-order valence-corrected chi connectivity index (χ1v) is 4.29. The van der Waals surface area contributed by atoms with Crippen LogP contribution in [0, 0.1) is 0 Å². The topological polar surface area (TPSA) is 29.5 Å². The van der Waals surface area contributed by atoms with E-state index in [9.17, 15) is 0 Å². The number of hydrogen-bond donors (Lipinski definition) is 1. The van der Waals surface area contributed by atoms with Crippen molar-refractivity contribution in [1.29, 1.82) is 0 Å². The van der Waals surface area contributed by atoms with Gasteiger partial charge in [-0.1, -0.05) is 13.3 Å². The number of rotatable bonds is 7. The van der Waals surface area contributed by atoms with E-state index in [0.717, 1.165) is 32.3 Å². The van der Waals surface area contributed by atoms with Crippen LogP contribution in [-0.2, 0) is 4.74 Å². The van der Waals surface area contributed by atoms with Crippen LogP contribution in [0.2, 0.25) is 0 Å². The van der Waals surface area contributed by atoms with E-state index in [1.165, 1.54) is 0 Å². The molecule has 0 atom stereocenters. The maximum Gasteiger partial charge on any atom is 0.0874 e. The fourth-order valence-electron chi connectivity index (χ4n) is 0.668. The Balaban J connectivity index is 2.89. The molecule has 0 saturated carbocycles. The maximum atomic E-state index is 8.43. The fraction of sp³-hybridized carbons (Fsp3) is 0.778. The molecule has 2 nitrogen and oxygen atoms in total. The van der Waals surface area contributed by atoms with Crippen LogP contribution in [0.1, 0.15) is 32.6 Å². The van der Waals surface area contributed by atoms with Gasteiger partial charge < -0.3 is 9.84 Å². The molecule has 0 aliphatic rings. The van der Waals surface area contributed by atoms with Crippen molar-refractivity contribution >= 4 is 0 Å². The lowest BCUT2D eigenvalue weighted by Gasteiger charge is -1.97. The average Bonchev–Trinajstić information content (AvgIpc) is 2.03. The lowest BCUT2D eigenvalue weighted by Crippen LogP contribution is -1.90. The molecule has 0 fully saturated rings. The van der Waals surface area contributed by atoms with Crippen molar-refractivity contribution in [3.63, 3.8) is 0 Å². The highest BCUT2D eigenvalue weighted by Crippen LogP contribution is 1.92. The van der Waals surface area contributed by atoms with Crippen LogP contribution < -0.4 is 0 Å². The second-order valence-electron chi connectivity index (χ2n) is 2.46. The van der Waals surface area contributed by atoms with Gasteiger partial charge in [-0.05, 0) is 25.3 Å². The first-order chi connectivity index (χ1) is 5.41. The van der Waals surface area contributed by atoms with Crippen molar-refractivity contribution in [1.82, 2.24) is 0 Å². The summed E-state index contributed by atoms with van der Waals surface area (Å²) in [5.74, 6) is 0. The molecule has 0 rings (SSSR count). The van der Waals surface area contributed by atoms with Gasteiger partial charge in [0.15, 0.2) is 0 Å². The molecule has 0 aromatic carbocycles. The normalized spacial score (nSPS) is 10.7. The summed E-state index contributed by atoms with van der Waals surface area (Å²) in [5, 5.41) is 8.43. The highest BCUT2D eigenvalue weighted by atomic mass is 16.5. The summed E-state index contributed by atoms with van der Waals surface area (Å²) in [5.41, 5.74) is 0. The number of aliphatic hydroxyl groups is 1. The van der Waals surface area contributed by atoms with Gasteiger partial charge in [0, 0.05) is 6.61 Å². The van der Waals surface area contributed by atoms with E-state index >= 15 is 0 Å². The third-order valence-corrected chi connectivity index (χ3v) is 1.32. The van der Waals surface area contributed by atoms with Crippen molar-refractivity contribution in [3.8, 4) is 0 Å². The Kier molecular flexibility index (Phi) is 9.07. The van der Waals surface area contributed by atoms with E-state index in [-0.39, 0.29) is 6.61 Å². The Morgan fingerprint density at radius 3 is 2.82 bits per heavy atom. The molecule has 0 aliphatic carbocycles. The third kappa shape index (κ3) is 9.50. The monoisotopic (exact) mass is 158 g/mol. The van der Waals surface area contributed by atoms with E-state index in [1.54, 1.807) is 6.26 Å². The van der Waals surface area contributed by atoms with Gasteiger partial charge in [0.2, 0.25) is 0 Å². The summed E-state index contributed by atoms with van der Waals surface area (Å²) in [6.45, 7) is 3.12. The second-order valence-corrected chi connectivity index (χ2v) is 2.46. The van der Waals surface area contributed by atoms with E-state index in [4.69, 9.17) is 9.84 Å². The number of ether oxygens (including phenoxy) is 1. The highest BCUT2D eigenvalue weighted by Gasteiger charge is 1.83. The molecule has 0 aromatic heterocycles. The summed E-state index contributed by atoms with van der Waals surface area (Å²) < 4.78 is 5.15. The molecule has 0 aromatic rings. The first kappa shape index (κ1) is 10.5. The second kappa shape index (κ2) is 9.50. The third-order valence-electron chi connectivity index (χ3n) is 1.32. The summed E-state index contributed by atoms with van der Waals surface area (Å²) in [4.78, 5) is 0. The lowest BCUT2D eigenvalue weighted by molar-refractivity contribution is 0.218. The summed E-state index contributed by atoms with van der Waals surface area (Å²) in [6, 6.07) is 0.